The number of fused-ring (bicyclic) bond motifs is 1. The maximum Gasteiger partial charge on any atom is 0.255 e. The van der Waals surface area contributed by atoms with Crippen LogP contribution in [0.25, 0.3) is 22.6 Å². The number of amides is 1. The summed E-state index contributed by atoms with van der Waals surface area (Å²) in [7, 11) is 0. The molecule has 1 amide bonds. The zero-order valence-corrected chi connectivity index (χ0v) is 15.8. The lowest BCUT2D eigenvalue weighted by Crippen LogP contribution is -2.11. The van der Waals surface area contributed by atoms with Gasteiger partial charge in [0.2, 0.25) is 5.89 Å². The monoisotopic (exact) mass is 396 g/mol. The lowest BCUT2D eigenvalue weighted by atomic mass is 10.1. The van der Waals surface area contributed by atoms with Crippen molar-refractivity contribution in [2.45, 2.75) is 6.92 Å². The van der Waals surface area contributed by atoms with Gasteiger partial charge in [-0.1, -0.05) is 35.3 Å². The van der Waals surface area contributed by atoms with Gasteiger partial charge >= 0.3 is 0 Å². The number of nitrogens with zero attached hydrogens (tertiary/aromatic N) is 1. The number of hydrogen-bond donors (Lipinski definition) is 1. The lowest BCUT2D eigenvalue weighted by molar-refractivity contribution is 0.102. The van der Waals surface area contributed by atoms with Crippen molar-refractivity contribution < 1.29 is 9.21 Å². The molecule has 0 atom stereocenters. The zero-order chi connectivity index (χ0) is 19.0. The van der Waals surface area contributed by atoms with Gasteiger partial charge in [-0.25, -0.2) is 4.98 Å². The number of benzene rings is 3. The molecule has 0 aliphatic heterocycles. The van der Waals surface area contributed by atoms with Crippen LogP contribution in [0.4, 0.5) is 5.69 Å². The van der Waals surface area contributed by atoms with E-state index in [1.54, 1.807) is 24.3 Å². The van der Waals surface area contributed by atoms with E-state index in [9.17, 15) is 4.79 Å². The van der Waals surface area contributed by atoms with Crippen LogP contribution < -0.4 is 5.32 Å². The minimum absolute atomic E-state index is 0.301. The average Bonchev–Trinajstić information content (AvgIpc) is 3.04. The average molecular weight is 397 g/mol. The number of rotatable bonds is 3. The number of anilines is 1. The molecule has 0 spiro atoms. The summed E-state index contributed by atoms with van der Waals surface area (Å²) >= 11 is 11.9. The molecule has 0 fully saturated rings. The second-order valence-electron chi connectivity index (χ2n) is 6.18. The quantitative estimate of drug-likeness (QED) is 0.438. The third-order valence-corrected chi connectivity index (χ3v) is 4.47. The van der Waals surface area contributed by atoms with Gasteiger partial charge in [-0.2, -0.15) is 0 Å². The van der Waals surface area contributed by atoms with Crippen molar-refractivity contribution in [3.05, 3.63) is 81.8 Å². The second-order valence-corrected chi connectivity index (χ2v) is 7.06. The van der Waals surface area contributed by atoms with Gasteiger partial charge in [-0.3, -0.25) is 4.79 Å². The molecule has 0 saturated carbocycles. The van der Waals surface area contributed by atoms with Crippen LogP contribution in [0.2, 0.25) is 10.0 Å². The van der Waals surface area contributed by atoms with E-state index in [2.05, 4.69) is 10.3 Å². The Morgan fingerprint density at radius 3 is 2.56 bits per heavy atom. The summed E-state index contributed by atoms with van der Waals surface area (Å²) in [6.45, 7) is 2.01. The fourth-order valence-corrected chi connectivity index (χ4v) is 3.31. The molecule has 0 unspecified atom stereocenters. The number of hydrogen-bond acceptors (Lipinski definition) is 3. The van der Waals surface area contributed by atoms with Gasteiger partial charge in [-0.15, -0.1) is 0 Å². The summed E-state index contributed by atoms with van der Waals surface area (Å²) < 4.78 is 5.83. The van der Waals surface area contributed by atoms with Crippen molar-refractivity contribution in [3.63, 3.8) is 0 Å². The van der Waals surface area contributed by atoms with Crippen molar-refractivity contribution in [1.29, 1.82) is 0 Å². The van der Waals surface area contributed by atoms with E-state index < -0.39 is 0 Å². The molecule has 0 aliphatic rings. The van der Waals surface area contributed by atoms with Crippen molar-refractivity contribution >= 4 is 45.9 Å². The van der Waals surface area contributed by atoms with E-state index in [-0.39, 0.29) is 5.91 Å². The zero-order valence-electron chi connectivity index (χ0n) is 14.3. The molecule has 4 nitrogen and oxygen atoms in total. The molecule has 0 saturated heterocycles. The fraction of sp³-hybridized carbons (Fsp3) is 0.0476. The van der Waals surface area contributed by atoms with Crippen molar-refractivity contribution in [1.82, 2.24) is 4.98 Å². The van der Waals surface area contributed by atoms with E-state index in [1.165, 1.54) is 0 Å². The Labute approximate surface area is 165 Å². The van der Waals surface area contributed by atoms with Crippen LogP contribution in [-0.2, 0) is 0 Å². The van der Waals surface area contributed by atoms with Crippen molar-refractivity contribution in [2.24, 2.45) is 0 Å². The van der Waals surface area contributed by atoms with Gasteiger partial charge < -0.3 is 9.73 Å². The number of carbonyl (C=O) groups is 1. The highest BCUT2D eigenvalue weighted by molar-refractivity contribution is 6.35. The summed E-state index contributed by atoms with van der Waals surface area (Å²) in [5, 5.41) is 3.65. The summed E-state index contributed by atoms with van der Waals surface area (Å²) in [6, 6.07) is 17.9. The highest BCUT2D eigenvalue weighted by atomic mass is 35.5. The second kappa shape index (κ2) is 7.06. The fourth-order valence-electron chi connectivity index (χ4n) is 2.78. The molecule has 1 N–H and O–H groups in total. The van der Waals surface area contributed by atoms with Gasteiger partial charge in [-0.05, 0) is 61.0 Å². The number of nitrogens with one attached hydrogen (secondary N) is 1. The third-order valence-electron chi connectivity index (χ3n) is 4.04. The molecule has 3 aromatic carbocycles. The Bertz CT molecular complexity index is 1150. The topological polar surface area (TPSA) is 55.1 Å². The first-order valence-electron chi connectivity index (χ1n) is 8.23. The SMILES string of the molecule is Cc1ccc2oc(-c3cccc(NC(=O)c4cc(Cl)cc(Cl)c4)c3)nc2c1. The number of carbonyl (C=O) groups excluding carboxylic acids is 1. The molecule has 4 aromatic rings. The van der Waals surface area contributed by atoms with Crippen LogP contribution in [0.1, 0.15) is 15.9 Å². The number of halogens is 2. The Balaban J connectivity index is 1.62. The molecule has 4 rings (SSSR count). The van der Waals surface area contributed by atoms with Crippen LogP contribution in [0.5, 0.6) is 0 Å². The van der Waals surface area contributed by atoms with E-state index in [1.807, 2.05) is 43.3 Å². The predicted octanol–water partition coefficient (Wildman–Crippen LogP) is 6.36. The molecule has 0 bridgehead atoms. The first kappa shape index (κ1) is 17.6. The number of aromatic nitrogens is 1. The highest BCUT2D eigenvalue weighted by Crippen LogP contribution is 2.27. The van der Waals surface area contributed by atoms with E-state index in [0.717, 1.165) is 22.2 Å². The minimum atomic E-state index is -0.301. The molecular weight excluding hydrogens is 383 g/mol. The first-order chi connectivity index (χ1) is 13.0. The number of oxazole rings is 1. The Hall–Kier alpha value is -2.82. The van der Waals surface area contributed by atoms with Gasteiger partial charge in [0.15, 0.2) is 5.58 Å². The number of aryl methyl sites for hydroxylation is 1. The van der Waals surface area contributed by atoms with Crippen molar-refractivity contribution in [2.75, 3.05) is 5.32 Å². The first-order valence-corrected chi connectivity index (χ1v) is 8.98. The molecule has 1 heterocycles. The van der Waals surface area contributed by atoms with E-state index >= 15 is 0 Å². The van der Waals surface area contributed by atoms with Crippen LogP contribution in [0.3, 0.4) is 0 Å². The van der Waals surface area contributed by atoms with Gasteiger partial charge in [0.25, 0.3) is 5.91 Å². The molecule has 134 valence electrons. The maximum absolute atomic E-state index is 12.5. The molecule has 27 heavy (non-hydrogen) atoms. The highest BCUT2D eigenvalue weighted by Gasteiger charge is 2.12. The largest absolute Gasteiger partial charge is 0.436 e. The van der Waals surface area contributed by atoms with Gasteiger partial charge in [0.1, 0.15) is 5.52 Å². The smallest absolute Gasteiger partial charge is 0.255 e. The van der Waals surface area contributed by atoms with Crippen LogP contribution >= 0.6 is 23.2 Å². The summed E-state index contributed by atoms with van der Waals surface area (Å²) in [4.78, 5) is 17.0. The van der Waals surface area contributed by atoms with E-state index in [4.69, 9.17) is 27.6 Å². The Kier molecular flexibility index (Phi) is 4.60. The van der Waals surface area contributed by atoms with Gasteiger partial charge in [0.05, 0.1) is 0 Å². The van der Waals surface area contributed by atoms with Crippen molar-refractivity contribution in [3.8, 4) is 11.5 Å². The van der Waals surface area contributed by atoms with E-state index in [0.29, 0.717) is 27.2 Å². The summed E-state index contributed by atoms with van der Waals surface area (Å²) in [6.07, 6.45) is 0. The predicted molar refractivity (Wildman–Crippen MR) is 109 cm³/mol. The molecule has 0 aliphatic carbocycles. The minimum Gasteiger partial charge on any atom is -0.436 e. The third kappa shape index (κ3) is 3.82. The molecule has 6 heteroatoms. The lowest BCUT2D eigenvalue weighted by Gasteiger charge is -2.07. The van der Waals surface area contributed by atoms with Crippen LogP contribution in [-0.4, -0.2) is 10.9 Å². The Morgan fingerprint density at radius 2 is 1.78 bits per heavy atom. The van der Waals surface area contributed by atoms with Crippen LogP contribution in [0.15, 0.2) is 65.1 Å². The summed E-state index contributed by atoms with van der Waals surface area (Å²) in [5.41, 5.74) is 4.41. The Morgan fingerprint density at radius 1 is 1.00 bits per heavy atom. The molecular formula is C21H14Cl2N2O2. The summed E-state index contributed by atoms with van der Waals surface area (Å²) in [5.74, 6) is 0.197. The normalized spacial score (nSPS) is 10.9. The maximum atomic E-state index is 12.5. The molecule has 1 aromatic heterocycles. The molecule has 0 radical (unpaired) electrons. The van der Waals surface area contributed by atoms with Gasteiger partial charge in [0, 0.05) is 26.9 Å². The van der Waals surface area contributed by atoms with Crippen LogP contribution in [0, 0.1) is 6.92 Å². The standard InChI is InChI=1S/C21H14Cl2N2O2/c1-12-5-6-19-18(7-12)25-21(27-19)13-3-2-4-17(10-13)24-20(26)14-8-15(22)11-16(23)9-14/h2-11H,1H3,(H,24,26).